The van der Waals surface area contributed by atoms with Gasteiger partial charge in [0.05, 0.1) is 7.11 Å². The molecule has 9 heteroatoms. The van der Waals surface area contributed by atoms with Gasteiger partial charge >= 0.3 is 18.0 Å². The second-order valence-electron chi connectivity index (χ2n) is 9.04. The van der Waals surface area contributed by atoms with E-state index in [1.54, 1.807) is 51.1 Å². The van der Waals surface area contributed by atoms with Gasteiger partial charge in [-0.15, -0.1) is 0 Å². The fourth-order valence-electron chi connectivity index (χ4n) is 3.72. The predicted octanol–water partition coefficient (Wildman–Crippen LogP) is 3.08. The fraction of sp³-hybridized carbons (Fsp3) is 0.385. The number of amides is 1. The van der Waals surface area contributed by atoms with E-state index in [-0.39, 0.29) is 19.6 Å². The Balaban J connectivity index is 1.74. The number of carbonyl (C=O) groups excluding carboxylic acids is 3. The number of amidine groups is 1. The highest BCUT2D eigenvalue weighted by atomic mass is 16.6. The van der Waals surface area contributed by atoms with Gasteiger partial charge in [-0.05, 0) is 31.9 Å². The molecule has 0 aliphatic carbocycles. The molecule has 9 nitrogen and oxygen atoms in total. The zero-order valence-electron chi connectivity index (χ0n) is 20.4. The van der Waals surface area contributed by atoms with Gasteiger partial charge in [-0.2, -0.15) is 0 Å². The molecule has 1 amide bonds. The Kier molecular flexibility index (Phi) is 8.11. The van der Waals surface area contributed by atoms with Crippen molar-refractivity contribution in [3.8, 4) is 0 Å². The number of hydrogen-bond acceptors (Lipinski definition) is 8. The monoisotopic (exact) mass is 481 g/mol. The maximum Gasteiger partial charge on any atom is 0.407 e. The topological polar surface area (TPSA) is 115 Å². The molecule has 0 bridgehead atoms. The first kappa shape index (κ1) is 25.7. The normalized spacial score (nSPS) is 19.2. The third kappa shape index (κ3) is 6.38. The van der Waals surface area contributed by atoms with Crippen LogP contribution in [0.3, 0.4) is 0 Å². The Morgan fingerprint density at radius 3 is 2.26 bits per heavy atom. The minimum absolute atomic E-state index is 0.145. The summed E-state index contributed by atoms with van der Waals surface area (Å²) in [6, 6.07) is 16.9. The van der Waals surface area contributed by atoms with Gasteiger partial charge < -0.3 is 24.8 Å². The molecule has 0 fully saturated rings. The molecule has 186 valence electrons. The van der Waals surface area contributed by atoms with Gasteiger partial charge in [0.1, 0.15) is 18.0 Å². The van der Waals surface area contributed by atoms with E-state index in [1.165, 1.54) is 7.11 Å². The number of esters is 2. The van der Waals surface area contributed by atoms with Gasteiger partial charge in [-0.25, -0.2) is 14.4 Å². The maximum atomic E-state index is 13.2. The van der Waals surface area contributed by atoms with Crippen molar-refractivity contribution in [3.63, 3.8) is 0 Å². The number of aliphatic imine (C=N–C) groups is 1. The highest BCUT2D eigenvalue weighted by molar-refractivity contribution is 6.02. The molecule has 0 saturated carbocycles. The van der Waals surface area contributed by atoms with Crippen molar-refractivity contribution >= 4 is 23.9 Å². The van der Waals surface area contributed by atoms with E-state index < -0.39 is 35.2 Å². The van der Waals surface area contributed by atoms with Gasteiger partial charge in [-0.3, -0.25) is 4.99 Å². The van der Waals surface area contributed by atoms with Gasteiger partial charge in [0.25, 0.3) is 0 Å². The minimum atomic E-state index is -1.60. The summed E-state index contributed by atoms with van der Waals surface area (Å²) in [7, 11) is 1.25. The van der Waals surface area contributed by atoms with E-state index in [9.17, 15) is 14.4 Å². The lowest BCUT2D eigenvalue weighted by Gasteiger charge is -2.33. The highest BCUT2D eigenvalue weighted by Gasteiger charge is 2.57. The van der Waals surface area contributed by atoms with Crippen molar-refractivity contribution in [2.75, 3.05) is 13.7 Å². The van der Waals surface area contributed by atoms with E-state index in [1.807, 2.05) is 30.3 Å². The number of nitrogens with one attached hydrogen (secondary N) is 2. The lowest BCUT2D eigenvalue weighted by atomic mass is 9.83. The first-order valence-corrected chi connectivity index (χ1v) is 11.3. The van der Waals surface area contributed by atoms with Crippen molar-refractivity contribution in [2.45, 2.75) is 51.0 Å². The molecule has 0 saturated heterocycles. The Bertz CT molecular complexity index is 1070. The summed E-state index contributed by atoms with van der Waals surface area (Å²) in [5.74, 6) is -0.975. The van der Waals surface area contributed by atoms with Crippen molar-refractivity contribution in [1.29, 1.82) is 0 Å². The molecular weight excluding hydrogens is 450 g/mol. The molecule has 3 rings (SSSR count). The van der Waals surface area contributed by atoms with Crippen molar-refractivity contribution in [2.24, 2.45) is 4.99 Å². The Hall–Kier alpha value is -3.88. The van der Waals surface area contributed by atoms with Gasteiger partial charge in [0.2, 0.25) is 0 Å². The number of benzene rings is 2. The quantitative estimate of drug-likeness (QED) is 0.440. The maximum absolute atomic E-state index is 13.2. The highest BCUT2D eigenvalue weighted by Crippen LogP contribution is 2.35. The second-order valence-corrected chi connectivity index (χ2v) is 9.04. The Labute approximate surface area is 204 Å². The predicted molar refractivity (Wildman–Crippen MR) is 130 cm³/mol. The third-order valence-electron chi connectivity index (χ3n) is 5.25. The van der Waals surface area contributed by atoms with Crippen LogP contribution in [0.25, 0.3) is 0 Å². The first-order chi connectivity index (χ1) is 16.7. The summed E-state index contributed by atoms with van der Waals surface area (Å²) in [5.41, 5.74) is -0.994. The van der Waals surface area contributed by atoms with E-state index in [4.69, 9.17) is 14.2 Å². The van der Waals surface area contributed by atoms with E-state index in [0.29, 0.717) is 11.4 Å². The summed E-state index contributed by atoms with van der Waals surface area (Å²) in [4.78, 5) is 42.8. The van der Waals surface area contributed by atoms with Crippen LogP contribution in [0, 0.1) is 0 Å². The lowest BCUT2D eigenvalue weighted by molar-refractivity contribution is -0.164. The van der Waals surface area contributed by atoms with Crippen LogP contribution in [0.4, 0.5) is 4.79 Å². The average Bonchev–Trinajstić information content (AvgIpc) is 3.23. The number of ether oxygens (including phenoxy) is 3. The Morgan fingerprint density at radius 2 is 1.66 bits per heavy atom. The zero-order chi connectivity index (χ0) is 25.5. The summed E-state index contributed by atoms with van der Waals surface area (Å²) in [6.07, 6.45) is -0.357. The molecule has 2 atom stereocenters. The molecular formula is C26H31N3O6. The average molecular weight is 482 g/mol. The third-order valence-corrected chi connectivity index (χ3v) is 5.25. The molecule has 0 radical (unpaired) electrons. The zero-order valence-corrected chi connectivity index (χ0v) is 20.4. The Morgan fingerprint density at radius 1 is 1.03 bits per heavy atom. The van der Waals surface area contributed by atoms with E-state index in [2.05, 4.69) is 15.6 Å². The summed E-state index contributed by atoms with van der Waals surface area (Å²) < 4.78 is 15.9. The molecule has 2 N–H and O–H groups in total. The van der Waals surface area contributed by atoms with Crippen molar-refractivity contribution < 1.29 is 28.6 Å². The molecule has 0 aromatic heterocycles. The van der Waals surface area contributed by atoms with Crippen molar-refractivity contribution in [3.05, 3.63) is 71.8 Å². The molecule has 1 aliphatic rings. The lowest BCUT2D eigenvalue weighted by Crippen LogP contribution is -2.57. The van der Waals surface area contributed by atoms with Crippen LogP contribution in [0.1, 0.15) is 38.3 Å². The van der Waals surface area contributed by atoms with Crippen LogP contribution >= 0.6 is 0 Å². The summed E-state index contributed by atoms with van der Waals surface area (Å²) in [5, 5.41) is 5.76. The van der Waals surface area contributed by atoms with Crippen LogP contribution in [0.2, 0.25) is 0 Å². The molecule has 1 aliphatic heterocycles. The fourth-order valence-corrected chi connectivity index (χ4v) is 3.72. The van der Waals surface area contributed by atoms with Crippen molar-refractivity contribution in [1.82, 2.24) is 10.6 Å². The molecule has 0 spiro atoms. The number of rotatable bonds is 8. The number of hydrogen-bond donors (Lipinski definition) is 2. The molecule has 2 aromatic carbocycles. The molecule has 35 heavy (non-hydrogen) atoms. The standard InChI is InChI=1S/C26H31N3O6/c1-25(2,3)35-22(30)21-26(23(31)33-4,19-13-9-6-10-14-19)29-20(28-21)15-16-27-24(32)34-17-18-11-7-5-8-12-18/h5-14,21H,15-17H2,1-4H3,(H,27,32)(H,28,29). The van der Waals surface area contributed by atoms with E-state index in [0.717, 1.165) is 5.56 Å². The van der Waals surface area contributed by atoms with Gasteiger partial charge in [-0.1, -0.05) is 60.7 Å². The van der Waals surface area contributed by atoms with Gasteiger partial charge in [0, 0.05) is 13.0 Å². The number of methoxy groups -OCH3 is 1. The number of carbonyl (C=O) groups is 3. The molecule has 2 aromatic rings. The van der Waals surface area contributed by atoms with Crippen LogP contribution in [-0.2, 0) is 35.9 Å². The number of nitrogens with zero attached hydrogens (tertiary/aromatic N) is 1. The SMILES string of the molecule is COC(=O)C1(c2ccccc2)NC(CCNC(=O)OCc2ccccc2)=NC1C(=O)OC(C)(C)C. The largest absolute Gasteiger partial charge is 0.467 e. The van der Waals surface area contributed by atoms with Crippen LogP contribution in [0.15, 0.2) is 65.7 Å². The van der Waals surface area contributed by atoms with Crippen LogP contribution in [-0.4, -0.2) is 49.2 Å². The number of alkyl carbamates (subject to hydrolysis) is 1. The summed E-state index contributed by atoms with van der Waals surface area (Å²) >= 11 is 0. The van der Waals surface area contributed by atoms with Crippen LogP contribution in [0.5, 0.6) is 0 Å². The molecule has 2 unspecified atom stereocenters. The smallest absolute Gasteiger partial charge is 0.407 e. The first-order valence-electron chi connectivity index (χ1n) is 11.3. The van der Waals surface area contributed by atoms with E-state index >= 15 is 0 Å². The molecule has 1 heterocycles. The van der Waals surface area contributed by atoms with Gasteiger partial charge in [0.15, 0.2) is 11.6 Å². The summed E-state index contributed by atoms with van der Waals surface area (Å²) in [6.45, 7) is 5.54. The van der Waals surface area contributed by atoms with Crippen LogP contribution < -0.4 is 10.6 Å². The second kappa shape index (κ2) is 11.0. The minimum Gasteiger partial charge on any atom is -0.467 e.